The first-order chi connectivity index (χ1) is 34.6. The third-order valence-electron chi connectivity index (χ3n) is 12.1. The van der Waals surface area contributed by atoms with Gasteiger partial charge in [0.1, 0.15) is 60.3 Å². The van der Waals surface area contributed by atoms with Crippen molar-refractivity contribution in [2.24, 2.45) is 24.2 Å². The van der Waals surface area contributed by atoms with Gasteiger partial charge >= 0.3 is 0 Å². The molecule has 0 saturated heterocycles. The van der Waals surface area contributed by atoms with E-state index in [1.165, 1.54) is 43.7 Å². The van der Waals surface area contributed by atoms with Crippen LogP contribution in [0.1, 0.15) is 71.1 Å². The average Bonchev–Trinajstić information content (AvgIpc) is 3.76. The van der Waals surface area contributed by atoms with Gasteiger partial charge in [-0.2, -0.15) is 5.10 Å². The number of nitrogens with zero attached hydrogens (tertiary/aromatic N) is 3. The first-order valence-electron chi connectivity index (χ1n) is 23.5. The van der Waals surface area contributed by atoms with Crippen LogP contribution in [0.15, 0.2) is 91.1 Å². The third kappa shape index (κ3) is 13.1. The minimum atomic E-state index is -1.42. The summed E-state index contributed by atoms with van der Waals surface area (Å²) in [4.78, 5) is 86.7. The second kappa shape index (κ2) is 25.2. The van der Waals surface area contributed by atoms with Gasteiger partial charge in [0.25, 0.3) is 5.91 Å². The topological polar surface area (TPSA) is 300 Å². The van der Waals surface area contributed by atoms with E-state index in [4.69, 9.17) is 38.3 Å². The van der Waals surface area contributed by atoms with E-state index in [0.717, 1.165) is 11.1 Å². The van der Waals surface area contributed by atoms with Gasteiger partial charge in [0, 0.05) is 55.3 Å². The van der Waals surface area contributed by atoms with Gasteiger partial charge in [-0.1, -0.05) is 48.0 Å². The summed E-state index contributed by atoms with van der Waals surface area (Å²) in [6.07, 6.45) is 2.36. The fourth-order valence-electron chi connectivity index (χ4n) is 8.30. The van der Waals surface area contributed by atoms with Crippen LogP contribution in [0.3, 0.4) is 0 Å². The Bertz CT molecular complexity index is 2730. The van der Waals surface area contributed by atoms with Crippen molar-refractivity contribution in [3.63, 3.8) is 0 Å². The number of benzene rings is 4. The highest BCUT2D eigenvalue weighted by Crippen LogP contribution is 2.40. The van der Waals surface area contributed by atoms with Gasteiger partial charge in [-0.05, 0) is 110 Å². The van der Waals surface area contributed by atoms with Crippen molar-refractivity contribution in [2.45, 2.75) is 69.7 Å². The van der Waals surface area contributed by atoms with Gasteiger partial charge in [-0.15, -0.1) is 0 Å². The zero-order valence-corrected chi connectivity index (χ0v) is 41.3. The van der Waals surface area contributed by atoms with Crippen molar-refractivity contribution >= 4 is 52.6 Å². The first-order valence-corrected chi connectivity index (χ1v) is 23.9. The van der Waals surface area contributed by atoms with Gasteiger partial charge < -0.3 is 52.8 Å². The lowest BCUT2D eigenvalue weighted by atomic mass is 9.93. The van der Waals surface area contributed by atoms with Crippen molar-refractivity contribution in [3.8, 4) is 33.8 Å². The molecule has 0 radical (unpaired) electrons. The minimum Gasteiger partial charge on any atom is -0.492 e. The number of nitrogens with two attached hydrogens (primary N) is 3. The summed E-state index contributed by atoms with van der Waals surface area (Å²) < 4.78 is 13.5. The predicted molar refractivity (Wildman–Crippen MR) is 271 cm³/mol. The number of unbranched alkanes of at least 4 members (excludes halogenated alkanes) is 1. The average molecular weight is 1010 g/mol. The number of Topliss-reactive ketones (excluding diaryl/α,β-unsaturated/α-hetero) is 1. The Balaban J connectivity index is 1.39. The van der Waals surface area contributed by atoms with Gasteiger partial charge in [-0.3, -0.25) is 44.1 Å². The van der Waals surface area contributed by atoms with Gasteiger partial charge in [-0.25, -0.2) is 0 Å². The fourth-order valence-corrected chi connectivity index (χ4v) is 8.43. The normalized spacial score (nSPS) is 16.5. The van der Waals surface area contributed by atoms with Gasteiger partial charge in [0.2, 0.25) is 29.4 Å². The molecule has 1 aliphatic rings. The number of amides is 5. The molecule has 6 rings (SSSR count). The molecule has 72 heavy (non-hydrogen) atoms. The molecule has 21 heteroatoms. The van der Waals surface area contributed by atoms with E-state index in [1.807, 2.05) is 17.6 Å². The molecule has 5 atom stereocenters. The first kappa shape index (κ1) is 54.0. The molecule has 5 aromatic rings. The Morgan fingerprint density at radius 3 is 2.10 bits per heavy atom. The second-order valence-corrected chi connectivity index (χ2v) is 17.8. The molecule has 4 aromatic carbocycles. The maximum atomic E-state index is 14.9. The molecule has 3 unspecified atom stereocenters. The molecule has 0 aliphatic carbocycles. The van der Waals surface area contributed by atoms with E-state index >= 15 is 0 Å². The van der Waals surface area contributed by atoms with Gasteiger partial charge in [0.05, 0.1) is 12.2 Å². The van der Waals surface area contributed by atoms with Crippen LogP contribution in [-0.2, 0) is 32.6 Å². The lowest BCUT2D eigenvalue weighted by Gasteiger charge is -2.33. The van der Waals surface area contributed by atoms with Crippen LogP contribution in [0.25, 0.3) is 22.3 Å². The summed E-state index contributed by atoms with van der Waals surface area (Å²) >= 11 is 6.08. The number of hydrogen-bond acceptors (Lipinski definition) is 14. The highest BCUT2D eigenvalue weighted by atomic mass is 35.5. The Labute approximate surface area is 422 Å². The molecule has 0 spiro atoms. The number of carbonyl (C=O) groups is 6. The fraction of sp³-hybridized carbons (Fsp3) is 0.353. The zero-order valence-electron chi connectivity index (χ0n) is 40.6. The Hall–Kier alpha value is -7.36. The molecule has 12 N–H and O–H groups in total. The lowest BCUT2D eigenvalue weighted by Crippen LogP contribution is -2.57. The molecule has 1 aliphatic heterocycles. The maximum Gasteiger partial charge on any atom is 0.251 e. The van der Waals surface area contributed by atoms with Gasteiger partial charge in [0.15, 0.2) is 0 Å². The summed E-state index contributed by atoms with van der Waals surface area (Å²) in [6.45, 7) is 3.78. The van der Waals surface area contributed by atoms with E-state index in [0.29, 0.717) is 63.7 Å². The quantitative estimate of drug-likeness (QED) is 0.0307. The second-order valence-electron chi connectivity index (χ2n) is 17.3. The highest BCUT2D eigenvalue weighted by molar-refractivity contribution is 6.30. The molecule has 2 heterocycles. The SMILES string of the molecule is CC(NC(=O)C1Cc2ccc(OCCN)c(c2)-c2cc(ccc2OCCN)C(N(C)C(=O)[C@H](CCCCN)NC(=O)c2ccc(-c3ccc(Cl)cc3)cc2)C(=O)N[C@@H](C)C(=O)N1)C(=O)c1c(NO)cnn1C. The van der Waals surface area contributed by atoms with E-state index in [1.54, 1.807) is 72.8 Å². The standard InChI is InChI=1S/C51H62ClN11O9/c1-29(46(64)45-41(61-70)28-56-63(45)4)57-49(67)40-26-31-8-18-42(71-23-21-54)37(25-31)38-27-35(15-19-43(38)72-24-22-55)44(50(68)58-30(2)47(65)60-40)62(3)51(69)39(7-5-6-20-53)59-48(66)34-11-9-32(10-12-34)33-13-16-36(52)17-14-33/h8-19,25,27-30,39-40,44,61,70H,5-7,20-24,26,53-55H2,1-4H3,(H,57,67)(H,58,68)(H,59,66)(H,60,65)/t29?,30-,39-,40?,44?/m0/s1. The Morgan fingerprint density at radius 2 is 1.47 bits per heavy atom. The number of halogens is 1. The zero-order chi connectivity index (χ0) is 52.1. The smallest absolute Gasteiger partial charge is 0.251 e. The molecule has 1 aromatic heterocycles. The number of hydrogen-bond donors (Lipinski definition) is 9. The molecule has 4 bridgehead atoms. The van der Waals surface area contributed by atoms with Crippen LogP contribution in [0.2, 0.25) is 5.02 Å². The number of rotatable bonds is 20. The Kier molecular flexibility index (Phi) is 18.9. The molecule has 382 valence electrons. The molecule has 5 amide bonds. The third-order valence-corrected chi connectivity index (χ3v) is 12.4. The number of nitrogens with one attached hydrogen (secondary N) is 5. The van der Waals surface area contributed by atoms with Crippen LogP contribution in [0.5, 0.6) is 11.5 Å². The lowest BCUT2D eigenvalue weighted by molar-refractivity contribution is -0.141. The van der Waals surface area contributed by atoms with Crippen molar-refractivity contribution in [1.29, 1.82) is 0 Å². The predicted octanol–water partition coefficient (Wildman–Crippen LogP) is 3.24. The summed E-state index contributed by atoms with van der Waals surface area (Å²) in [5.74, 6) is -3.26. The highest BCUT2D eigenvalue weighted by Gasteiger charge is 2.37. The summed E-state index contributed by atoms with van der Waals surface area (Å²) in [5.41, 5.74) is 23.4. The van der Waals surface area contributed by atoms with Crippen molar-refractivity contribution in [2.75, 3.05) is 45.4 Å². The van der Waals surface area contributed by atoms with Crippen LogP contribution < -0.4 is 53.4 Å². The van der Waals surface area contributed by atoms with E-state index in [9.17, 15) is 34.0 Å². The number of carbonyl (C=O) groups excluding carboxylic acids is 6. The Morgan fingerprint density at radius 1 is 0.847 bits per heavy atom. The molecule has 0 fully saturated rings. The molecular weight excluding hydrogens is 946 g/mol. The van der Waals surface area contributed by atoms with E-state index in [2.05, 4.69) is 26.4 Å². The van der Waals surface area contributed by atoms with Crippen LogP contribution in [0, 0.1) is 0 Å². The maximum absolute atomic E-state index is 14.9. The number of anilines is 1. The van der Waals surface area contributed by atoms with Crippen molar-refractivity contribution < 1.29 is 43.4 Å². The van der Waals surface area contributed by atoms with Crippen LogP contribution in [-0.4, -0.2) is 119 Å². The number of ketones is 1. The molecule has 20 nitrogen and oxygen atoms in total. The number of aromatic nitrogens is 2. The van der Waals surface area contributed by atoms with Crippen molar-refractivity contribution in [1.82, 2.24) is 35.9 Å². The van der Waals surface area contributed by atoms with E-state index in [-0.39, 0.29) is 50.5 Å². The van der Waals surface area contributed by atoms with Crippen LogP contribution >= 0.6 is 11.6 Å². The van der Waals surface area contributed by atoms with E-state index < -0.39 is 65.5 Å². The summed E-state index contributed by atoms with van der Waals surface area (Å²) in [7, 11) is 2.94. The van der Waals surface area contributed by atoms with Crippen LogP contribution in [0.4, 0.5) is 5.69 Å². The summed E-state index contributed by atoms with van der Waals surface area (Å²) in [5, 5.41) is 25.3. The van der Waals surface area contributed by atoms with Crippen molar-refractivity contribution in [3.05, 3.63) is 119 Å². The largest absolute Gasteiger partial charge is 0.492 e. The molecule has 0 saturated carbocycles. The number of likely N-dealkylation sites (N-methyl/N-ethyl adjacent to an activating group) is 1. The molecular formula is C51H62ClN11O9. The number of fused-ring (bicyclic) bond motifs is 5. The summed E-state index contributed by atoms with van der Waals surface area (Å²) in [6, 6.07) is 18.0. The monoisotopic (exact) mass is 1010 g/mol. The number of aryl methyl sites for hydroxylation is 1. The minimum absolute atomic E-state index is 0.00738. The number of ether oxygens (including phenoxy) is 2.